The molecule has 2 N–H and O–H groups in total. The van der Waals surface area contributed by atoms with Crippen LogP contribution in [0.2, 0.25) is 0 Å². The summed E-state index contributed by atoms with van der Waals surface area (Å²) in [5.41, 5.74) is 7.26. The van der Waals surface area contributed by atoms with E-state index in [0.717, 1.165) is 5.25 Å². The molecule has 1 aliphatic carbocycles. The second kappa shape index (κ2) is 5.04. The number of aryl methyl sites for hydroxylation is 1. The third kappa shape index (κ3) is 3.25. The maximum atomic E-state index is 5.91. The summed E-state index contributed by atoms with van der Waals surface area (Å²) < 4.78 is 0. The SMILES string of the molecule is Cc1cccc(SC2CCC(N)CC2)c1. The molecule has 0 aliphatic heterocycles. The fraction of sp³-hybridized carbons (Fsp3) is 0.538. The highest BCUT2D eigenvalue weighted by atomic mass is 32.2. The Balaban J connectivity index is 1.92. The molecule has 1 fully saturated rings. The monoisotopic (exact) mass is 221 g/mol. The molecular formula is C13H19NS. The summed E-state index contributed by atoms with van der Waals surface area (Å²) in [5, 5.41) is 0.784. The Morgan fingerprint density at radius 1 is 1.20 bits per heavy atom. The molecule has 1 aromatic carbocycles. The van der Waals surface area contributed by atoms with Crippen LogP contribution in [0.5, 0.6) is 0 Å². The average Bonchev–Trinajstić information content (AvgIpc) is 2.22. The van der Waals surface area contributed by atoms with Crippen LogP contribution in [0.1, 0.15) is 31.2 Å². The molecule has 1 saturated carbocycles. The second-order valence-electron chi connectivity index (χ2n) is 4.47. The van der Waals surface area contributed by atoms with E-state index in [1.54, 1.807) is 0 Å². The third-order valence-corrected chi connectivity index (χ3v) is 4.34. The highest BCUT2D eigenvalue weighted by Crippen LogP contribution is 2.33. The lowest BCUT2D eigenvalue weighted by Gasteiger charge is -2.25. The lowest BCUT2D eigenvalue weighted by atomic mass is 9.96. The van der Waals surface area contributed by atoms with Crippen LogP contribution in [-0.2, 0) is 0 Å². The fourth-order valence-corrected chi connectivity index (χ4v) is 3.39. The van der Waals surface area contributed by atoms with Gasteiger partial charge >= 0.3 is 0 Å². The molecule has 2 heteroatoms. The second-order valence-corrected chi connectivity index (χ2v) is 5.84. The molecule has 0 spiro atoms. The van der Waals surface area contributed by atoms with E-state index in [0.29, 0.717) is 6.04 Å². The molecule has 0 heterocycles. The molecule has 0 amide bonds. The van der Waals surface area contributed by atoms with Gasteiger partial charge in [0.15, 0.2) is 0 Å². The van der Waals surface area contributed by atoms with Crippen molar-refractivity contribution in [3.05, 3.63) is 29.8 Å². The molecule has 0 atom stereocenters. The van der Waals surface area contributed by atoms with Crippen molar-refractivity contribution in [2.24, 2.45) is 5.73 Å². The van der Waals surface area contributed by atoms with Crippen molar-refractivity contribution in [2.75, 3.05) is 0 Å². The van der Waals surface area contributed by atoms with Gasteiger partial charge in [0, 0.05) is 16.2 Å². The van der Waals surface area contributed by atoms with E-state index in [-0.39, 0.29) is 0 Å². The smallest absolute Gasteiger partial charge is 0.00955 e. The zero-order valence-electron chi connectivity index (χ0n) is 9.28. The first-order valence-electron chi connectivity index (χ1n) is 5.73. The minimum absolute atomic E-state index is 0.458. The summed E-state index contributed by atoms with van der Waals surface area (Å²) in [6.07, 6.45) is 4.95. The number of rotatable bonds is 2. The summed E-state index contributed by atoms with van der Waals surface area (Å²) in [7, 11) is 0. The normalized spacial score (nSPS) is 26.5. The van der Waals surface area contributed by atoms with Gasteiger partial charge in [-0.2, -0.15) is 0 Å². The molecule has 0 unspecified atom stereocenters. The van der Waals surface area contributed by atoms with Gasteiger partial charge in [-0.25, -0.2) is 0 Å². The Morgan fingerprint density at radius 2 is 1.93 bits per heavy atom. The lowest BCUT2D eigenvalue weighted by Crippen LogP contribution is -2.27. The summed E-state index contributed by atoms with van der Waals surface area (Å²) in [5.74, 6) is 0. The summed E-state index contributed by atoms with van der Waals surface area (Å²) >= 11 is 2.03. The predicted octanol–water partition coefficient (Wildman–Crippen LogP) is 3.36. The van der Waals surface area contributed by atoms with Gasteiger partial charge in [-0.3, -0.25) is 0 Å². The average molecular weight is 221 g/mol. The highest BCUT2D eigenvalue weighted by molar-refractivity contribution is 8.00. The van der Waals surface area contributed by atoms with Crippen LogP contribution >= 0.6 is 11.8 Å². The topological polar surface area (TPSA) is 26.0 Å². The maximum absolute atomic E-state index is 5.91. The first kappa shape index (κ1) is 11.0. The van der Waals surface area contributed by atoms with Gasteiger partial charge in [0.2, 0.25) is 0 Å². The van der Waals surface area contributed by atoms with E-state index in [1.807, 2.05) is 11.8 Å². The molecule has 1 aliphatic rings. The van der Waals surface area contributed by atoms with Gasteiger partial charge in [-0.1, -0.05) is 17.7 Å². The number of nitrogens with two attached hydrogens (primary N) is 1. The molecule has 1 nitrogen and oxygen atoms in total. The van der Waals surface area contributed by atoms with Crippen molar-refractivity contribution < 1.29 is 0 Å². The largest absolute Gasteiger partial charge is 0.328 e. The molecule has 0 aromatic heterocycles. The Bertz CT molecular complexity index is 316. The Hall–Kier alpha value is -0.470. The van der Waals surface area contributed by atoms with Crippen LogP contribution in [0.15, 0.2) is 29.2 Å². The number of hydrogen-bond acceptors (Lipinski definition) is 2. The van der Waals surface area contributed by atoms with E-state index in [2.05, 4.69) is 31.2 Å². The van der Waals surface area contributed by atoms with Gasteiger partial charge in [-0.15, -0.1) is 11.8 Å². The summed E-state index contributed by atoms with van der Waals surface area (Å²) in [6.45, 7) is 2.15. The Morgan fingerprint density at radius 3 is 2.60 bits per heavy atom. The van der Waals surface area contributed by atoms with Gasteiger partial charge in [0.05, 0.1) is 0 Å². The summed E-state index contributed by atoms with van der Waals surface area (Å²) in [4.78, 5) is 1.41. The van der Waals surface area contributed by atoms with Crippen molar-refractivity contribution in [2.45, 2.75) is 48.8 Å². The minimum Gasteiger partial charge on any atom is -0.328 e. The minimum atomic E-state index is 0.458. The standard InChI is InChI=1S/C13H19NS/c1-10-3-2-4-13(9-10)15-12-7-5-11(14)6-8-12/h2-4,9,11-12H,5-8,14H2,1H3. The van der Waals surface area contributed by atoms with E-state index in [9.17, 15) is 0 Å². The van der Waals surface area contributed by atoms with Gasteiger partial charge < -0.3 is 5.73 Å². The van der Waals surface area contributed by atoms with Crippen LogP contribution in [-0.4, -0.2) is 11.3 Å². The molecule has 0 bridgehead atoms. The van der Waals surface area contributed by atoms with E-state index in [4.69, 9.17) is 5.73 Å². The maximum Gasteiger partial charge on any atom is 0.00955 e. The van der Waals surface area contributed by atoms with Crippen LogP contribution in [0.3, 0.4) is 0 Å². The lowest BCUT2D eigenvalue weighted by molar-refractivity contribution is 0.451. The van der Waals surface area contributed by atoms with E-state index in [1.165, 1.54) is 36.1 Å². The number of thioether (sulfide) groups is 1. The Kier molecular flexibility index (Phi) is 3.71. The highest BCUT2D eigenvalue weighted by Gasteiger charge is 2.19. The van der Waals surface area contributed by atoms with Crippen LogP contribution in [0.4, 0.5) is 0 Å². The van der Waals surface area contributed by atoms with E-state index < -0.39 is 0 Å². The molecular weight excluding hydrogens is 202 g/mol. The molecule has 0 saturated heterocycles. The van der Waals surface area contributed by atoms with E-state index >= 15 is 0 Å². The molecule has 82 valence electrons. The number of hydrogen-bond donors (Lipinski definition) is 1. The first-order chi connectivity index (χ1) is 7.24. The van der Waals surface area contributed by atoms with Crippen molar-refractivity contribution >= 4 is 11.8 Å². The van der Waals surface area contributed by atoms with Crippen molar-refractivity contribution in [1.82, 2.24) is 0 Å². The van der Waals surface area contributed by atoms with Crippen LogP contribution in [0, 0.1) is 6.92 Å². The summed E-state index contributed by atoms with van der Waals surface area (Å²) in [6, 6.07) is 9.25. The quantitative estimate of drug-likeness (QED) is 0.828. The zero-order chi connectivity index (χ0) is 10.7. The van der Waals surface area contributed by atoms with Crippen molar-refractivity contribution in [3.8, 4) is 0 Å². The predicted molar refractivity (Wildman–Crippen MR) is 67.3 cm³/mol. The third-order valence-electron chi connectivity index (χ3n) is 3.01. The molecule has 2 rings (SSSR count). The Labute approximate surface area is 96.4 Å². The van der Waals surface area contributed by atoms with Crippen molar-refractivity contribution in [3.63, 3.8) is 0 Å². The zero-order valence-corrected chi connectivity index (χ0v) is 10.1. The number of benzene rings is 1. The van der Waals surface area contributed by atoms with Crippen molar-refractivity contribution in [1.29, 1.82) is 0 Å². The molecule has 0 radical (unpaired) electrons. The molecule has 1 aromatic rings. The van der Waals surface area contributed by atoms with Gasteiger partial charge in [0.25, 0.3) is 0 Å². The van der Waals surface area contributed by atoms with Gasteiger partial charge in [0.1, 0.15) is 0 Å². The van der Waals surface area contributed by atoms with Crippen LogP contribution < -0.4 is 5.73 Å². The fourth-order valence-electron chi connectivity index (χ4n) is 2.09. The first-order valence-corrected chi connectivity index (χ1v) is 6.61. The van der Waals surface area contributed by atoms with Gasteiger partial charge in [-0.05, 0) is 44.7 Å². The van der Waals surface area contributed by atoms with Crippen LogP contribution in [0.25, 0.3) is 0 Å². The molecule has 15 heavy (non-hydrogen) atoms.